The lowest BCUT2D eigenvalue weighted by Crippen LogP contribution is -2.47. The van der Waals surface area contributed by atoms with E-state index in [0.29, 0.717) is 12.3 Å². The van der Waals surface area contributed by atoms with Crippen molar-refractivity contribution in [3.63, 3.8) is 0 Å². The minimum absolute atomic E-state index is 0.316. The van der Waals surface area contributed by atoms with Gasteiger partial charge in [-0.3, -0.25) is 4.90 Å². The van der Waals surface area contributed by atoms with Crippen molar-refractivity contribution in [2.75, 3.05) is 37.6 Å². The molecule has 2 heterocycles. The Morgan fingerprint density at radius 2 is 1.90 bits per heavy atom. The van der Waals surface area contributed by atoms with Gasteiger partial charge in [0.05, 0.1) is 0 Å². The number of amidine groups is 1. The fourth-order valence-corrected chi connectivity index (χ4v) is 2.32. The molecule has 0 atom stereocenters. The number of oxime groups is 1. The van der Waals surface area contributed by atoms with E-state index in [1.54, 1.807) is 12.4 Å². The fourth-order valence-electron chi connectivity index (χ4n) is 2.32. The van der Waals surface area contributed by atoms with Crippen LogP contribution in [0.4, 0.5) is 5.95 Å². The topological polar surface area (TPSA) is 90.9 Å². The number of piperazine rings is 1. The third kappa shape index (κ3) is 4.34. The normalized spacial score (nSPS) is 17.4. The Labute approximate surface area is 119 Å². The van der Waals surface area contributed by atoms with E-state index >= 15 is 0 Å². The first-order valence-corrected chi connectivity index (χ1v) is 7.00. The van der Waals surface area contributed by atoms with Crippen LogP contribution in [0.15, 0.2) is 23.6 Å². The third-order valence-corrected chi connectivity index (χ3v) is 3.49. The number of anilines is 1. The Balaban J connectivity index is 1.65. The Bertz CT molecular complexity index is 416. The monoisotopic (exact) mass is 278 g/mol. The molecule has 0 amide bonds. The van der Waals surface area contributed by atoms with Gasteiger partial charge in [-0.05, 0) is 25.5 Å². The molecule has 20 heavy (non-hydrogen) atoms. The number of rotatable bonds is 6. The average molecular weight is 278 g/mol. The summed E-state index contributed by atoms with van der Waals surface area (Å²) < 4.78 is 0. The summed E-state index contributed by atoms with van der Waals surface area (Å²) in [4.78, 5) is 13.2. The highest BCUT2D eigenvalue weighted by Crippen LogP contribution is 2.10. The quantitative estimate of drug-likeness (QED) is 0.259. The predicted molar refractivity (Wildman–Crippen MR) is 77.9 cm³/mol. The summed E-state index contributed by atoms with van der Waals surface area (Å²) in [5.74, 6) is 1.13. The summed E-state index contributed by atoms with van der Waals surface area (Å²) in [6.07, 6.45) is 6.24. The van der Waals surface area contributed by atoms with Gasteiger partial charge in [0.15, 0.2) is 0 Å². The van der Waals surface area contributed by atoms with E-state index in [1.807, 2.05) is 6.07 Å². The largest absolute Gasteiger partial charge is 0.409 e. The van der Waals surface area contributed by atoms with E-state index in [1.165, 1.54) is 0 Å². The van der Waals surface area contributed by atoms with E-state index < -0.39 is 0 Å². The molecular weight excluding hydrogens is 256 g/mol. The number of nitrogens with zero attached hydrogens (tertiary/aromatic N) is 5. The lowest BCUT2D eigenvalue weighted by Gasteiger charge is -2.34. The van der Waals surface area contributed by atoms with E-state index in [9.17, 15) is 0 Å². The van der Waals surface area contributed by atoms with Crippen molar-refractivity contribution < 1.29 is 5.21 Å². The van der Waals surface area contributed by atoms with E-state index in [0.717, 1.165) is 51.5 Å². The van der Waals surface area contributed by atoms with Crippen molar-refractivity contribution in [3.05, 3.63) is 18.5 Å². The molecule has 0 unspecified atom stereocenters. The van der Waals surface area contributed by atoms with Crippen molar-refractivity contribution in [3.8, 4) is 0 Å². The zero-order valence-electron chi connectivity index (χ0n) is 11.6. The van der Waals surface area contributed by atoms with Gasteiger partial charge in [0, 0.05) is 45.0 Å². The molecule has 1 fully saturated rings. The smallest absolute Gasteiger partial charge is 0.225 e. The van der Waals surface area contributed by atoms with Crippen molar-refractivity contribution in [1.82, 2.24) is 14.9 Å². The summed E-state index contributed by atoms with van der Waals surface area (Å²) in [5.41, 5.74) is 5.44. The first-order chi connectivity index (χ1) is 9.79. The Morgan fingerprint density at radius 3 is 2.55 bits per heavy atom. The SMILES string of the molecule is NC(CCCCN1CCN(c2ncccn2)CC1)=NO. The highest BCUT2D eigenvalue weighted by molar-refractivity contribution is 5.79. The molecule has 0 aromatic carbocycles. The van der Waals surface area contributed by atoms with Gasteiger partial charge in [-0.25, -0.2) is 9.97 Å². The molecule has 1 aromatic heterocycles. The zero-order valence-corrected chi connectivity index (χ0v) is 11.6. The van der Waals surface area contributed by atoms with E-state index in [-0.39, 0.29) is 0 Å². The fraction of sp³-hybridized carbons (Fsp3) is 0.615. The maximum Gasteiger partial charge on any atom is 0.225 e. The second kappa shape index (κ2) is 7.64. The minimum Gasteiger partial charge on any atom is -0.409 e. The summed E-state index contributed by atoms with van der Waals surface area (Å²) in [6.45, 7) is 5.04. The van der Waals surface area contributed by atoms with Gasteiger partial charge in [-0.2, -0.15) is 0 Å². The molecule has 0 radical (unpaired) electrons. The van der Waals surface area contributed by atoms with Gasteiger partial charge in [0.2, 0.25) is 5.95 Å². The molecule has 1 aliphatic heterocycles. The van der Waals surface area contributed by atoms with Gasteiger partial charge >= 0.3 is 0 Å². The lowest BCUT2D eigenvalue weighted by atomic mass is 10.2. The number of hydrogen-bond acceptors (Lipinski definition) is 6. The molecule has 7 heteroatoms. The van der Waals surface area contributed by atoms with Crippen LogP contribution >= 0.6 is 0 Å². The molecule has 1 aliphatic rings. The first-order valence-electron chi connectivity index (χ1n) is 7.00. The average Bonchev–Trinajstić information content (AvgIpc) is 2.52. The van der Waals surface area contributed by atoms with E-state index in [4.69, 9.17) is 10.9 Å². The molecule has 0 spiro atoms. The summed E-state index contributed by atoms with van der Waals surface area (Å²) in [6, 6.07) is 1.83. The van der Waals surface area contributed by atoms with Crippen molar-refractivity contribution >= 4 is 11.8 Å². The summed E-state index contributed by atoms with van der Waals surface area (Å²) >= 11 is 0. The van der Waals surface area contributed by atoms with Crippen LogP contribution in [0.25, 0.3) is 0 Å². The van der Waals surface area contributed by atoms with Gasteiger partial charge < -0.3 is 15.8 Å². The number of nitrogens with two attached hydrogens (primary N) is 1. The van der Waals surface area contributed by atoms with Gasteiger partial charge in [-0.1, -0.05) is 5.16 Å². The van der Waals surface area contributed by atoms with Crippen molar-refractivity contribution in [1.29, 1.82) is 0 Å². The predicted octanol–water partition coefficient (Wildman–Crippen LogP) is 0.515. The van der Waals surface area contributed by atoms with Crippen LogP contribution in [0.5, 0.6) is 0 Å². The first kappa shape index (κ1) is 14.5. The maximum atomic E-state index is 8.46. The lowest BCUT2D eigenvalue weighted by molar-refractivity contribution is 0.252. The molecule has 110 valence electrons. The molecule has 7 nitrogen and oxygen atoms in total. The Kier molecular flexibility index (Phi) is 5.55. The maximum absolute atomic E-state index is 8.46. The van der Waals surface area contributed by atoms with Crippen LogP contribution < -0.4 is 10.6 Å². The van der Waals surface area contributed by atoms with Crippen molar-refractivity contribution in [2.45, 2.75) is 19.3 Å². The van der Waals surface area contributed by atoms with Crippen LogP contribution in [0.2, 0.25) is 0 Å². The molecule has 0 aliphatic carbocycles. The molecule has 1 aromatic rings. The van der Waals surface area contributed by atoms with Crippen LogP contribution in [0.1, 0.15) is 19.3 Å². The molecule has 0 saturated carbocycles. The number of hydrogen-bond donors (Lipinski definition) is 2. The highest BCUT2D eigenvalue weighted by atomic mass is 16.4. The molecule has 3 N–H and O–H groups in total. The molecule has 1 saturated heterocycles. The summed E-state index contributed by atoms with van der Waals surface area (Å²) in [7, 11) is 0. The van der Waals surface area contributed by atoms with Crippen LogP contribution in [0, 0.1) is 0 Å². The van der Waals surface area contributed by atoms with Gasteiger partial charge in [0.1, 0.15) is 5.84 Å². The third-order valence-electron chi connectivity index (χ3n) is 3.49. The van der Waals surface area contributed by atoms with Crippen LogP contribution in [-0.4, -0.2) is 58.6 Å². The zero-order chi connectivity index (χ0) is 14.2. The molecule has 2 rings (SSSR count). The van der Waals surface area contributed by atoms with E-state index in [2.05, 4.69) is 24.9 Å². The Morgan fingerprint density at radius 1 is 1.20 bits per heavy atom. The second-order valence-electron chi connectivity index (χ2n) is 4.93. The Hall–Kier alpha value is -1.89. The summed E-state index contributed by atoms with van der Waals surface area (Å²) in [5, 5.41) is 11.4. The molecular formula is C13H22N6O. The number of unbranched alkanes of at least 4 members (excludes halogenated alkanes) is 1. The second-order valence-corrected chi connectivity index (χ2v) is 4.93. The highest BCUT2D eigenvalue weighted by Gasteiger charge is 2.17. The van der Waals surface area contributed by atoms with Crippen LogP contribution in [0.3, 0.4) is 0 Å². The minimum atomic E-state index is 0.316. The van der Waals surface area contributed by atoms with Crippen molar-refractivity contribution in [2.24, 2.45) is 10.9 Å². The van der Waals surface area contributed by atoms with Gasteiger partial charge in [-0.15, -0.1) is 0 Å². The molecule has 0 bridgehead atoms. The number of aromatic nitrogens is 2. The van der Waals surface area contributed by atoms with Crippen LogP contribution in [-0.2, 0) is 0 Å². The van der Waals surface area contributed by atoms with Gasteiger partial charge in [0.25, 0.3) is 0 Å². The standard InChI is InChI=1S/C13H22N6O/c14-12(17-20)4-1-2-7-18-8-10-19(11-9-18)13-15-5-3-6-16-13/h3,5-6,20H,1-2,4,7-11H2,(H2,14,17).